The standard InChI is InChI=1S/C22H24F3N5O3/c1-12-28-16-9-17(32-3)18(33-21(4-5-21)11-31-2)8-15(16)20(29-12)27-10-14-6-13(26)7-19(30-14)22(23,24)25/h6-9H,4-5,10-11H2,1-3H3,(H2,26,30)(H,27,28,29). The lowest BCUT2D eigenvalue weighted by Gasteiger charge is -2.20. The number of benzene rings is 1. The molecule has 1 aromatic carbocycles. The molecule has 1 fully saturated rings. The summed E-state index contributed by atoms with van der Waals surface area (Å²) in [5.41, 5.74) is 4.92. The molecule has 0 bridgehead atoms. The first-order chi connectivity index (χ1) is 15.6. The second-order valence-electron chi connectivity index (χ2n) is 7.99. The number of nitrogens with one attached hydrogen (secondary N) is 1. The molecular weight excluding hydrogens is 439 g/mol. The number of aromatic nitrogens is 3. The third kappa shape index (κ3) is 5.03. The number of hydrogen-bond acceptors (Lipinski definition) is 8. The fourth-order valence-corrected chi connectivity index (χ4v) is 3.56. The molecule has 0 amide bonds. The predicted molar refractivity (Wildman–Crippen MR) is 116 cm³/mol. The summed E-state index contributed by atoms with van der Waals surface area (Å²) in [7, 11) is 3.16. The average Bonchev–Trinajstić information content (AvgIpc) is 3.50. The summed E-state index contributed by atoms with van der Waals surface area (Å²) in [6.07, 6.45) is -2.87. The van der Waals surface area contributed by atoms with Crippen LogP contribution in [0.1, 0.15) is 30.1 Å². The van der Waals surface area contributed by atoms with Gasteiger partial charge in [-0.05, 0) is 38.0 Å². The maximum absolute atomic E-state index is 13.1. The van der Waals surface area contributed by atoms with Gasteiger partial charge in [-0.2, -0.15) is 13.2 Å². The van der Waals surface area contributed by atoms with Crippen molar-refractivity contribution in [3.63, 3.8) is 0 Å². The summed E-state index contributed by atoms with van der Waals surface area (Å²) in [6, 6.07) is 5.70. The summed E-state index contributed by atoms with van der Waals surface area (Å²) in [4.78, 5) is 12.6. The van der Waals surface area contributed by atoms with E-state index in [1.54, 1.807) is 33.3 Å². The SMILES string of the molecule is COCC1(Oc2cc3c(NCc4cc(N)cc(C(F)(F)F)n4)nc(C)nc3cc2OC)CC1. The molecule has 3 N–H and O–H groups in total. The Kier molecular flexibility index (Phi) is 5.91. The molecule has 2 aromatic heterocycles. The molecular formula is C22H24F3N5O3. The fraction of sp³-hybridized carbons (Fsp3) is 0.409. The summed E-state index contributed by atoms with van der Waals surface area (Å²) in [5.74, 6) is 1.94. The molecule has 0 spiro atoms. The Morgan fingerprint density at radius 2 is 1.82 bits per heavy atom. The van der Waals surface area contributed by atoms with E-state index < -0.39 is 17.5 Å². The van der Waals surface area contributed by atoms with E-state index in [-0.39, 0.29) is 17.9 Å². The lowest BCUT2D eigenvalue weighted by molar-refractivity contribution is -0.141. The van der Waals surface area contributed by atoms with Crippen LogP contribution < -0.4 is 20.5 Å². The predicted octanol–water partition coefficient (Wildman–Crippen LogP) is 4.11. The van der Waals surface area contributed by atoms with Gasteiger partial charge in [-0.25, -0.2) is 15.0 Å². The van der Waals surface area contributed by atoms with E-state index in [0.29, 0.717) is 40.7 Å². The summed E-state index contributed by atoms with van der Waals surface area (Å²) < 4.78 is 56.3. The van der Waals surface area contributed by atoms with Gasteiger partial charge in [0.05, 0.1) is 31.5 Å². The number of fused-ring (bicyclic) bond motifs is 1. The third-order valence-electron chi connectivity index (χ3n) is 5.26. The Balaban J connectivity index is 1.68. The molecule has 176 valence electrons. The first-order valence-corrected chi connectivity index (χ1v) is 10.2. The molecule has 0 radical (unpaired) electrons. The molecule has 3 aromatic rings. The number of nitrogens with zero attached hydrogens (tertiary/aromatic N) is 3. The largest absolute Gasteiger partial charge is 0.493 e. The number of ether oxygens (including phenoxy) is 3. The maximum Gasteiger partial charge on any atom is 0.433 e. The molecule has 0 unspecified atom stereocenters. The highest BCUT2D eigenvalue weighted by molar-refractivity contribution is 5.91. The first kappa shape index (κ1) is 22.8. The van der Waals surface area contributed by atoms with Crippen LogP contribution >= 0.6 is 0 Å². The van der Waals surface area contributed by atoms with Crippen LogP contribution in [0.25, 0.3) is 10.9 Å². The molecule has 11 heteroatoms. The number of pyridine rings is 1. The molecule has 4 rings (SSSR count). The highest BCUT2D eigenvalue weighted by Crippen LogP contribution is 2.44. The number of methoxy groups -OCH3 is 2. The lowest BCUT2D eigenvalue weighted by Crippen LogP contribution is -2.24. The Morgan fingerprint density at radius 3 is 2.45 bits per heavy atom. The summed E-state index contributed by atoms with van der Waals surface area (Å²) in [6.45, 7) is 2.15. The number of nitrogen functional groups attached to an aromatic ring is 1. The van der Waals surface area contributed by atoms with Crippen molar-refractivity contribution in [2.75, 3.05) is 31.9 Å². The molecule has 0 atom stereocenters. The maximum atomic E-state index is 13.1. The van der Waals surface area contributed by atoms with Gasteiger partial charge in [0.25, 0.3) is 0 Å². The zero-order valence-corrected chi connectivity index (χ0v) is 18.4. The zero-order chi connectivity index (χ0) is 23.8. The van der Waals surface area contributed by atoms with Crippen LogP contribution in [0, 0.1) is 6.92 Å². The van der Waals surface area contributed by atoms with Crippen molar-refractivity contribution in [3.05, 3.63) is 41.5 Å². The van der Waals surface area contributed by atoms with Crippen LogP contribution in [-0.2, 0) is 17.5 Å². The minimum absolute atomic E-state index is 0.0183. The van der Waals surface area contributed by atoms with Crippen molar-refractivity contribution in [1.82, 2.24) is 15.0 Å². The normalized spacial score (nSPS) is 14.8. The highest BCUT2D eigenvalue weighted by atomic mass is 19.4. The molecule has 0 aliphatic heterocycles. The van der Waals surface area contributed by atoms with E-state index in [9.17, 15) is 13.2 Å². The van der Waals surface area contributed by atoms with Gasteiger partial charge < -0.3 is 25.3 Å². The van der Waals surface area contributed by atoms with Crippen LogP contribution in [-0.4, -0.2) is 41.4 Å². The minimum atomic E-state index is -4.59. The molecule has 1 saturated carbocycles. The summed E-state index contributed by atoms with van der Waals surface area (Å²) in [5, 5.41) is 3.69. The van der Waals surface area contributed by atoms with Crippen molar-refractivity contribution in [1.29, 1.82) is 0 Å². The topological polar surface area (TPSA) is 104 Å². The number of nitrogens with two attached hydrogens (primary N) is 1. The number of anilines is 2. The minimum Gasteiger partial charge on any atom is -0.493 e. The number of rotatable bonds is 8. The van der Waals surface area contributed by atoms with Crippen molar-refractivity contribution in [3.8, 4) is 11.5 Å². The van der Waals surface area contributed by atoms with Crippen LogP contribution in [0.5, 0.6) is 11.5 Å². The Hall–Kier alpha value is -3.34. The number of hydrogen-bond donors (Lipinski definition) is 2. The fourth-order valence-electron chi connectivity index (χ4n) is 3.56. The van der Waals surface area contributed by atoms with Gasteiger partial charge in [-0.15, -0.1) is 0 Å². The van der Waals surface area contributed by atoms with Crippen molar-refractivity contribution in [2.24, 2.45) is 0 Å². The van der Waals surface area contributed by atoms with E-state index >= 15 is 0 Å². The van der Waals surface area contributed by atoms with Gasteiger partial charge in [0.2, 0.25) is 0 Å². The second-order valence-corrected chi connectivity index (χ2v) is 7.99. The van der Waals surface area contributed by atoms with E-state index in [0.717, 1.165) is 18.9 Å². The van der Waals surface area contributed by atoms with Gasteiger partial charge in [-0.3, -0.25) is 0 Å². The number of aryl methyl sites for hydroxylation is 1. The van der Waals surface area contributed by atoms with Gasteiger partial charge >= 0.3 is 6.18 Å². The molecule has 1 aliphatic carbocycles. The summed E-state index contributed by atoms with van der Waals surface area (Å²) >= 11 is 0. The first-order valence-electron chi connectivity index (χ1n) is 10.2. The molecule has 2 heterocycles. The molecule has 1 aliphatic rings. The smallest absolute Gasteiger partial charge is 0.433 e. The lowest BCUT2D eigenvalue weighted by atomic mass is 10.2. The Bertz CT molecular complexity index is 1180. The van der Waals surface area contributed by atoms with Gasteiger partial charge in [-0.1, -0.05) is 0 Å². The van der Waals surface area contributed by atoms with E-state index in [1.165, 1.54) is 6.07 Å². The van der Waals surface area contributed by atoms with Gasteiger partial charge in [0, 0.05) is 24.2 Å². The number of halogens is 3. The average molecular weight is 463 g/mol. The quantitative estimate of drug-likeness (QED) is 0.514. The van der Waals surface area contributed by atoms with Crippen LogP contribution in [0.2, 0.25) is 0 Å². The second kappa shape index (κ2) is 8.54. The zero-order valence-electron chi connectivity index (χ0n) is 18.4. The van der Waals surface area contributed by atoms with Crippen molar-refractivity contribution in [2.45, 2.75) is 38.1 Å². The Labute approximate surface area is 188 Å². The van der Waals surface area contributed by atoms with Gasteiger partial charge in [0.15, 0.2) is 11.5 Å². The van der Waals surface area contributed by atoms with Crippen molar-refractivity contribution >= 4 is 22.4 Å². The van der Waals surface area contributed by atoms with Crippen LogP contribution in [0.3, 0.4) is 0 Å². The Morgan fingerprint density at radius 1 is 1.06 bits per heavy atom. The van der Waals surface area contributed by atoms with E-state index in [4.69, 9.17) is 19.9 Å². The van der Waals surface area contributed by atoms with Crippen LogP contribution in [0.4, 0.5) is 24.7 Å². The van der Waals surface area contributed by atoms with Crippen molar-refractivity contribution < 1.29 is 27.4 Å². The highest BCUT2D eigenvalue weighted by Gasteiger charge is 2.46. The molecule has 8 nitrogen and oxygen atoms in total. The monoisotopic (exact) mass is 463 g/mol. The van der Waals surface area contributed by atoms with Gasteiger partial charge in [0.1, 0.15) is 22.9 Å². The van der Waals surface area contributed by atoms with Crippen LogP contribution in [0.15, 0.2) is 24.3 Å². The molecule has 33 heavy (non-hydrogen) atoms. The molecule has 0 saturated heterocycles. The number of alkyl halides is 3. The third-order valence-corrected chi connectivity index (χ3v) is 5.26. The van der Waals surface area contributed by atoms with E-state index in [2.05, 4.69) is 20.3 Å². The van der Waals surface area contributed by atoms with E-state index in [1.807, 2.05) is 0 Å².